The van der Waals surface area contributed by atoms with E-state index in [-0.39, 0.29) is 0 Å². The highest BCUT2D eigenvalue weighted by Crippen LogP contribution is 1.95. The van der Waals surface area contributed by atoms with Crippen LogP contribution in [0.4, 0.5) is 0 Å². The third kappa shape index (κ3) is 7.32. The van der Waals surface area contributed by atoms with Gasteiger partial charge in [-0.15, -0.1) is 6.58 Å². The zero-order valence-corrected chi connectivity index (χ0v) is 8.41. The number of carbonyl (C=O) groups excluding carboxylic acids is 1. The van der Waals surface area contributed by atoms with Gasteiger partial charge in [0.1, 0.15) is 0 Å². The summed E-state index contributed by atoms with van der Waals surface area (Å²) in [4.78, 5) is 12.1. The van der Waals surface area contributed by atoms with Gasteiger partial charge in [-0.3, -0.25) is 4.79 Å². The molecule has 2 heteroatoms. The van der Waals surface area contributed by atoms with Crippen molar-refractivity contribution >= 4 is 6.41 Å². The topological polar surface area (TPSA) is 20.3 Å². The molecule has 2 nitrogen and oxygen atoms in total. The van der Waals surface area contributed by atoms with Gasteiger partial charge in [0.15, 0.2) is 0 Å². The molecule has 74 valence electrons. The van der Waals surface area contributed by atoms with E-state index in [0.717, 1.165) is 12.8 Å². The van der Waals surface area contributed by atoms with Crippen molar-refractivity contribution in [2.75, 3.05) is 13.1 Å². The van der Waals surface area contributed by atoms with Crippen molar-refractivity contribution in [2.24, 2.45) is 0 Å². The van der Waals surface area contributed by atoms with Gasteiger partial charge in [-0.05, 0) is 6.42 Å². The molecular formula is C11H19NO. The Hall–Kier alpha value is -1.05. The van der Waals surface area contributed by atoms with E-state index in [4.69, 9.17) is 0 Å². The second kappa shape index (κ2) is 9.04. The van der Waals surface area contributed by atoms with Crippen molar-refractivity contribution in [1.82, 2.24) is 4.90 Å². The van der Waals surface area contributed by atoms with Crippen LogP contribution in [0.3, 0.4) is 0 Å². The number of hydrogen-bond donors (Lipinski definition) is 0. The van der Waals surface area contributed by atoms with E-state index >= 15 is 0 Å². The summed E-state index contributed by atoms with van der Waals surface area (Å²) in [5.41, 5.74) is 0. The Labute approximate surface area is 80.9 Å². The molecule has 1 amide bonds. The van der Waals surface area contributed by atoms with Crippen LogP contribution in [0.25, 0.3) is 0 Å². The van der Waals surface area contributed by atoms with Gasteiger partial charge in [0.05, 0.1) is 0 Å². The van der Waals surface area contributed by atoms with Crippen molar-refractivity contribution in [3.05, 3.63) is 24.8 Å². The third-order valence-electron chi connectivity index (χ3n) is 1.74. The maximum Gasteiger partial charge on any atom is 0.210 e. The Kier molecular flexibility index (Phi) is 8.31. The largest absolute Gasteiger partial charge is 0.338 e. The molecule has 0 radical (unpaired) electrons. The van der Waals surface area contributed by atoms with Crippen molar-refractivity contribution in [1.29, 1.82) is 0 Å². The molecule has 0 unspecified atom stereocenters. The Balaban J connectivity index is 3.51. The fraction of sp³-hybridized carbons (Fsp3) is 0.545. The lowest BCUT2D eigenvalue weighted by Crippen LogP contribution is -2.21. The monoisotopic (exact) mass is 181 g/mol. The van der Waals surface area contributed by atoms with Crippen LogP contribution in [0.5, 0.6) is 0 Å². The van der Waals surface area contributed by atoms with Gasteiger partial charge in [-0.1, -0.05) is 38.0 Å². The first kappa shape index (κ1) is 11.9. The molecule has 0 fully saturated rings. The van der Waals surface area contributed by atoms with Gasteiger partial charge in [-0.25, -0.2) is 0 Å². The molecule has 0 aliphatic heterocycles. The molecule has 0 aliphatic carbocycles. The number of hydrogen-bond acceptors (Lipinski definition) is 1. The molecule has 0 aromatic heterocycles. The third-order valence-corrected chi connectivity index (χ3v) is 1.74. The van der Waals surface area contributed by atoms with Gasteiger partial charge in [0.2, 0.25) is 6.41 Å². The minimum Gasteiger partial charge on any atom is -0.338 e. The average Bonchev–Trinajstić information content (AvgIpc) is 2.16. The second-order valence-corrected chi connectivity index (χ2v) is 2.96. The van der Waals surface area contributed by atoms with E-state index in [1.165, 1.54) is 12.8 Å². The highest BCUT2D eigenvalue weighted by atomic mass is 16.1. The first-order valence-corrected chi connectivity index (χ1v) is 4.80. The first-order valence-electron chi connectivity index (χ1n) is 4.80. The number of nitrogens with zero attached hydrogens (tertiary/aromatic N) is 1. The Bertz CT molecular complexity index is 163. The Morgan fingerprint density at radius 1 is 1.31 bits per heavy atom. The molecule has 13 heavy (non-hydrogen) atoms. The summed E-state index contributed by atoms with van der Waals surface area (Å²) in [7, 11) is 0. The van der Waals surface area contributed by atoms with Crippen molar-refractivity contribution < 1.29 is 4.79 Å². The summed E-state index contributed by atoms with van der Waals surface area (Å²) in [5.74, 6) is 0. The molecule has 0 aromatic rings. The van der Waals surface area contributed by atoms with Crippen LogP contribution in [0, 0.1) is 0 Å². The highest BCUT2D eigenvalue weighted by Gasteiger charge is 1.92. The predicted octanol–water partition coefficient (Wildman–Crippen LogP) is 2.38. The van der Waals surface area contributed by atoms with Gasteiger partial charge in [-0.2, -0.15) is 0 Å². The van der Waals surface area contributed by atoms with Gasteiger partial charge in [0, 0.05) is 13.1 Å². The molecular weight excluding hydrogens is 162 g/mol. The minimum absolute atomic E-state index is 0.627. The van der Waals surface area contributed by atoms with E-state index in [0.29, 0.717) is 13.1 Å². The lowest BCUT2D eigenvalue weighted by atomic mass is 10.2. The summed E-state index contributed by atoms with van der Waals surface area (Å²) < 4.78 is 0. The van der Waals surface area contributed by atoms with Crippen LogP contribution in [0.2, 0.25) is 0 Å². The molecule has 0 atom stereocenters. The second-order valence-electron chi connectivity index (χ2n) is 2.96. The molecule has 0 spiro atoms. The van der Waals surface area contributed by atoms with Crippen LogP contribution in [-0.4, -0.2) is 24.4 Å². The SMILES string of the molecule is C=CCN(C=O)CC=CCCCC. The number of amides is 1. The lowest BCUT2D eigenvalue weighted by Gasteiger charge is -2.11. The van der Waals surface area contributed by atoms with Crippen molar-refractivity contribution in [3.8, 4) is 0 Å². The summed E-state index contributed by atoms with van der Waals surface area (Å²) >= 11 is 0. The number of allylic oxidation sites excluding steroid dienone is 1. The standard InChI is InChI=1S/C11H19NO/c1-3-5-6-7-8-10-12(11-13)9-4-2/h4,7-8,11H,2-3,5-6,9-10H2,1H3. The molecule has 0 rings (SSSR count). The Morgan fingerprint density at radius 2 is 2.08 bits per heavy atom. The first-order chi connectivity index (χ1) is 6.35. The molecule has 0 N–H and O–H groups in total. The van der Waals surface area contributed by atoms with Gasteiger partial charge < -0.3 is 4.90 Å². The predicted molar refractivity (Wildman–Crippen MR) is 56.5 cm³/mol. The van der Waals surface area contributed by atoms with Crippen molar-refractivity contribution in [3.63, 3.8) is 0 Å². The number of carbonyl (C=O) groups is 1. The summed E-state index contributed by atoms with van der Waals surface area (Å²) in [5, 5.41) is 0. The minimum atomic E-state index is 0.627. The maximum absolute atomic E-state index is 10.5. The Morgan fingerprint density at radius 3 is 2.62 bits per heavy atom. The maximum atomic E-state index is 10.5. The smallest absolute Gasteiger partial charge is 0.210 e. The van der Waals surface area contributed by atoms with E-state index in [9.17, 15) is 4.79 Å². The lowest BCUT2D eigenvalue weighted by molar-refractivity contribution is -0.117. The molecule has 0 aliphatic rings. The molecule has 0 saturated heterocycles. The summed E-state index contributed by atoms with van der Waals surface area (Å²) in [6.07, 6.45) is 10.3. The van der Waals surface area contributed by atoms with E-state index in [1.807, 2.05) is 6.08 Å². The zero-order valence-electron chi connectivity index (χ0n) is 8.41. The summed E-state index contributed by atoms with van der Waals surface area (Å²) in [6, 6.07) is 0. The van der Waals surface area contributed by atoms with Crippen LogP contribution in [-0.2, 0) is 4.79 Å². The quantitative estimate of drug-likeness (QED) is 0.320. The van der Waals surface area contributed by atoms with Crippen molar-refractivity contribution in [2.45, 2.75) is 26.2 Å². The molecule has 0 saturated carbocycles. The average molecular weight is 181 g/mol. The molecule has 0 bridgehead atoms. The molecule has 0 heterocycles. The fourth-order valence-corrected chi connectivity index (χ4v) is 0.976. The van der Waals surface area contributed by atoms with E-state index in [1.54, 1.807) is 11.0 Å². The van der Waals surface area contributed by atoms with Crippen LogP contribution in [0.1, 0.15) is 26.2 Å². The number of rotatable bonds is 8. The van der Waals surface area contributed by atoms with Crippen LogP contribution in [0.15, 0.2) is 24.8 Å². The van der Waals surface area contributed by atoms with E-state index < -0.39 is 0 Å². The van der Waals surface area contributed by atoms with Gasteiger partial charge >= 0.3 is 0 Å². The van der Waals surface area contributed by atoms with Gasteiger partial charge in [0.25, 0.3) is 0 Å². The summed E-state index contributed by atoms with van der Waals surface area (Å²) in [6.45, 7) is 7.07. The normalized spacial score (nSPS) is 10.2. The van der Waals surface area contributed by atoms with Crippen LogP contribution < -0.4 is 0 Å². The zero-order chi connectivity index (χ0) is 9.94. The molecule has 0 aromatic carbocycles. The van der Waals surface area contributed by atoms with Crippen LogP contribution >= 0.6 is 0 Å². The fourth-order valence-electron chi connectivity index (χ4n) is 0.976. The number of unbranched alkanes of at least 4 members (excludes halogenated alkanes) is 2. The highest BCUT2D eigenvalue weighted by molar-refractivity contribution is 5.47. The van der Waals surface area contributed by atoms with E-state index in [2.05, 4.69) is 19.6 Å².